The minimum absolute atomic E-state index is 0.00279. The van der Waals surface area contributed by atoms with Crippen LogP contribution >= 0.6 is 0 Å². The number of fused-ring (bicyclic) bond motifs is 1. The molecule has 2 aromatic rings. The van der Waals surface area contributed by atoms with E-state index in [1.165, 1.54) is 6.42 Å². The fraction of sp³-hybridized carbons (Fsp3) is 0.533. The van der Waals surface area contributed by atoms with Crippen molar-refractivity contribution in [2.45, 2.75) is 97.4 Å². The van der Waals surface area contributed by atoms with Crippen molar-refractivity contribution in [3.63, 3.8) is 0 Å². The molecule has 0 fully saturated rings. The molecule has 1 N–H and O–H groups in total. The molecule has 0 saturated heterocycles. The Morgan fingerprint density at radius 2 is 1.65 bits per heavy atom. The van der Waals surface area contributed by atoms with Crippen LogP contribution in [0, 0.1) is 10.1 Å². The Bertz CT molecular complexity index is 1100. The molecule has 1 aliphatic rings. The van der Waals surface area contributed by atoms with Gasteiger partial charge in [0.1, 0.15) is 6.04 Å². The molecule has 0 radical (unpaired) electrons. The Morgan fingerprint density at radius 3 is 2.24 bits per heavy atom. The van der Waals surface area contributed by atoms with Crippen molar-refractivity contribution >= 4 is 23.2 Å². The fourth-order valence-corrected chi connectivity index (χ4v) is 5.16. The van der Waals surface area contributed by atoms with Gasteiger partial charge in [-0.25, -0.2) is 0 Å². The lowest BCUT2D eigenvalue weighted by molar-refractivity contribution is -0.385. The van der Waals surface area contributed by atoms with Gasteiger partial charge in [0.15, 0.2) is 0 Å². The van der Waals surface area contributed by atoms with Gasteiger partial charge < -0.3 is 10.2 Å². The lowest BCUT2D eigenvalue weighted by Gasteiger charge is -2.37. The Labute approximate surface area is 220 Å². The van der Waals surface area contributed by atoms with Gasteiger partial charge in [0, 0.05) is 30.8 Å². The van der Waals surface area contributed by atoms with Gasteiger partial charge in [-0.05, 0) is 46.9 Å². The van der Waals surface area contributed by atoms with Gasteiger partial charge in [0.05, 0.1) is 4.92 Å². The van der Waals surface area contributed by atoms with E-state index >= 15 is 0 Å². The van der Waals surface area contributed by atoms with Gasteiger partial charge in [-0.3, -0.25) is 19.7 Å². The second-order valence-electron chi connectivity index (χ2n) is 10.7. The standard InChI is InChI=1S/C30H41N3O4/c1-6-7-8-9-10-15-27(34)32-17-16-22-13-11-12-14-24(22)29(32)30(35)31-28-25(20(2)3)18-23(33(36)37)19-26(28)21(4)5/h11-14,18-21,29H,6-10,15-17H2,1-5H3,(H,31,35). The number of nitrogens with one attached hydrogen (secondary N) is 1. The molecule has 0 aromatic heterocycles. The third-order valence-corrected chi connectivity index (χ3v) is 7.23. The number of anilines is 1. The summed E-state index contributed by atoms with van der Waals surface area (Å²) < 4.78 is 0. The molecule has 1 heterocycles. The molecule has 1 unspecified atom stereocenters. The van der Waals surface area contributed by atoms with Crippen molar-refractivity contribution in [3.8, 4) is 0 Å². The zero-order chi connectivity index (χ0) is 27.1. The zero-order valence-electron chi connectivity index (χ0n) is 22.9. The molecule has 0 bridgehead atoms. The molecule has 7 nitrogen and oxygen atoms in total. The highest BCUT2D eigenvalue weighted by Gasteiger charge is 2.36. The van der Waals surface area contributed by atoms with E-state index in [9.17, 15) is 19.7 Å². The highest BCUT2D eigenvalue weighted by Crippen LogP contribution is 2.38. The lowest BCUT2D eigenvalue weighted by Crippen LogP contribution is -2.45. The number of carbonyl (C=O) groups excluding carboxylic acids is 2. The van der Waals surface area contributed by atoms with Crippen LogP contribution in [0.3, 0.4) is 0 Å². The smallest absolute Gasteiger partial charge is 0.270 e. The van der Waals surface area contributed by atoms with E-state index < -0.39 is 6.04 Å². The van der Waals surface area contributed by atoms with E-state index in [-0.39, 0.29) is 34.3 Å². The van der Waals surface area contributed by atoms with Crippen molar-refractivity contribution in [2.24, 2.45) is 0 Å². The van der Waals surface area contributed by atoms with Gasteiger partial charge in [0.2, 0.25) is 5.91 Å². The molecular formula is C30H41N3O4. The molecule has 0 saturated carbocycles. The van der Waals surface area contributed by atoms with E-state index in [1.54, 1.807) is 17.0 Å². The molecule has 2 amide bonds. The first-order chi connectivity index (χ1) is 17.6. The molecular weight excluding hydrogens is 466 g/mol. The number of nitro groups is 1. The second-order valence-corrected chi connectivity index (χ2v) is 10.7. The number of benzene rings is 2. The second kappa shape index (κ2) is 12.8. The van der Waals surface area contributed by atoms with Gasteiger partial charge in [-0.15, -0.1) is 0 Å². The van der Waals surface area contributed by atoms with Crippen LogP contribution in [-0.2, 0) is 16.0 Å². The van der Waals surface area contributed by atoms with Crippen molar-refractivity contribution in [2.75, 3.05) is 11.9 Å². The summed E-state index contributed by atoms with van der Waals surface area (Å²) in [5.41, 5.74) is 4.02. The van der Waals surface area contributed by atoms with Crippen LogP contribution in [0.1, 0.15) is 113 Å². The molecule has 37 heavy (non-hydrogen) atoms. The molecule has 0 aliphatic carbocycles. The summed E-state index contributed by atoms with van der Waals surface area (Å²) in [6, 6.07) is 10.2. The van der Waals surface area contributed by atoms with E-state index in [0.717, 1.165) is 47.9 Å². The van der Waals surface area contributed by atoms with Gasteiger partial charge in [0.25, 0.3) is 11.6 Å². The largest absolute Gasteiger partial charge is 0.326 e. The minimum Gasteiger partial charge on any atom is -0.326 e. The summed E-state index contributed by atoms with van der Waals surface area (Å²) >= 11 is 0. The lowest BCUT2D eigenvalue weighted by atomic mass is 9.89. The first-order valence-electron chi connectivity index (χ1n) is 13.7. The van der Waals surface area contributed by atoms with Crippen molar-refractivity contribution < 1.29 is 14.5 Å². The maximum Gasteiger partial charge on any atom is 0.270 e. The van der Waals surface area contributed by atoms with Crippen molar-refractivity contribution in [1.29, 1.82) is 0 Å². The fourth-order valence-electron chi connectivity index (χ4n) is 5.16. The normalized spacial score (nSPS) is 15.1. The van der Waals surface area contributed by atoms with Gasteiger partial charge in [-0.2, -0.15) is 0 Å². The first-order valence-corrected chi connectivity index (χ1v) is 13.7. The SMILES string of the molecule is CCCCCCCC(=O)N1CCc2ccccc2C1C(=O)Nc1c(C(C)C)cc([N+](=O)[O-])cc1C(C)C. The average Bonchev–Trinajstić information content (AvgIpc) is 2.87. The van der Waals surface area contributed by atoms with E-state index in [4.69, 9.17) is 0 Å². The van der Waals surface area contributed by atoms with Gasteiger partial charge >= 0.3 is 0 Å². The Balaban J connectivity index is 1.96. The van der Waals surface area contributed by atoms with Crippen LogP contribution < -0.4 is 5.32 Å². The predicted molar refractivity (Wildman–Crippen MR) is 148 cm³/mol. The monoisotopic (exact) mass is 507 g/mol. The van der Waals surface area contributed by atoms with E-state index in [1.807, 2.05) is 52.0 Å². The zero-order valence-corrected chi connectivity index (χ0v) is 22.9. The van der Waals surface area contributed by atoms with Crippen molar-refractivity contribution in [3.05, 3.63) is 68.8 Å². The summed E-state index contributed by atoms with van der Waals surface area (Å²) in [5, 5.41) is 14.7. The highest BCUT2D eigenvalue weighted by atomic mass is 16.6. The number of hydrogen-bond donors (Lipinski definition) is 1. The quantitative estimate of drug-likeness (QED) is 0.197. The Kier molecular flexibility index (Phi) is 9.84. The predicted octanol–water partition coefficient (Wildman–Crippen LogP) is 7.27. The number of unbranched alkanes of at least 4 members (excludes halogenated alkanes) is 4. The Hall–Kier alpha value is -3.22. The molecule has 3 rings (SSSR count). The molecule has 2 aromatic carbocycles. The summed E-state index contributed by atoms with van der Waals surface area (Å²) in [7, 11) is 0. The third-order valence-electron chi connectivity index (χ3n) is 7.23. The number of rotatable bonds is 11. The average molecular weight is 508 g/mol. The van der Waals surface area contributed by atoms with Crippen LogP contribution in [0.15, 0.2) is 36.4 Å². The van der Waals surface area contributed by atoms with Crippen LogP contribution in [0.25, 0.3) is 0 Å². The summed E-state index contributed by atoms with van der Waals surface area (Å²) in [4.78, 5) is 40.3. The summed E-state index contributed by atoms with van der Waals surface area (Å²) in [6.45, 7) is 10.5. The van der Waals surface area contributed by atoms with Crippen LogP contribution in [-0.4, -0.2) is 28.2 Å². The highest BCUT2D eigenvalue weighted by molar-refractivity contribution is 5.99. The van der Waals surface area contributed by atoms with Crippen LogP contribution in [0.5, 0.6) is 0 Å². The van der Waals surface area contributed by atoms with Crippen LogP contribution in [0.2, 0.25) is 0 Å². The minimum atomic E-state index is -0.733. The van der Waals surface area contributed by atoms with Crippen LogP contribution in [0.4, 0.5) is 11.4 Å². The first kappa shape index (κ1) is 28.4. The van der Waals surface area contributed by atoms with Crippen molar-refractivity contribution in [1.82, 2.24) is 4.90 Å². The molecule has 1 atom stereocenters. The summed E-state index contributed by atoms with van der Waals surface area (Å²) in [5.74, 6) is -0.341. The van der Waals surface area contributed by atoms with E-state index in [0.29, 0.717) is 25.1 Å². The third kappa shape index (κ3) is 6.76. The molecule has 7 heteroatoms. The maximum atomic E-state index is 14.0. The Morgan fingerprint density at radius 1 is 1.03 bits per heavy atom. The number of carbonyl (C=O) groups is 2. The maximum absolute atomic E-state index is 14.0. The number of hydrogen-bond acceptors (Lipinski definition) is 4. The molecule has 1 aliphatic heterocycles. The summed E-state index contributed by atoms with van der Waals surface area (Å²) in [6.07, 6.45) is 6.42. The number of amides is 2. The molecule has 200 valence electrons. The topological polar surface area (TPSA) is 92.6 Å². The van der Waals surface area contributed by atoms with Gasteiger partial charge in [-0.1, -0.05) is 84.6 Å². The molecule has 0 spiro atoms. The van der Waals surface area contributed by atoms with E-state index in [2.05, 4.69) is 12.2 Å². The number of non-ortho nitro benzene ring substituents is 1. The number of nitrogens with zero attached hydrogens (tertiary/aromatic N) is 2. The number of nitro benzene ring substituents is 1.